The molecule has 16 nitrogen and oxygen atoms in total. The van der Waals surface area contributed by atoms with Crippen molar-refractivity contribution in [2.24, 2.45) is 5.10 Å². The van der Waals surface area contributed by atoms with Crippen molar-refractivity contribution in [3.63, 3.8) is 0 Å². The average molecular weight is 927 g/mol. The molecule has 354 valence electrons. The summed E-state index contributed by atoms with van der Waals surface area (Å²) in [6.07, 6.45) is 0.473. The van der Waals surface area contributed by atoms with E-state index in [9.17, 15) is 24.0 Å². The molecule has 5 aromatic rings. The Kier molecular flexibility index (Phi) is 16.1. The zero-order valence-electron chi connectivity index (χ0n) is 38.3. The largest absolute Gasteiger partial charge is 0.445 e. The monoisotopic (exact) mass is 926 g/mol. The van der Waals surface area contributed by atoms with Crippen LogP contribution in [0.25, 0.3) is 11.1 Å². The Bertz CT molecular complexity index is 2620. The minimum absolute atomic E-state index is 0.00232. The predicted octanol–water partition coefficient (Wildman–Crippen LogP) is 6.65. The maximum atomic E-state index is 15.2. The number of rotatable bonds is 16. The fourth-order valence-corrected chi connectivity index (χ4v) is 7.59. The molecule has 1 fully saturated rings. The van der Waals surface area contributed by atoms with Gasteiger partial charge in [-0.2, -0.15) is 5.10 Å². The number of aromatic nitrogens is 1. The molecule has 17 heteroatoms. The quantitative estimate of drug-likeness (QED) is 0.0906. The average Bonchev–Trinajstić information content (AvgIpc) is 3.34. The topological polar surface area (TPSA) is 184 Å². The van der Waals surface area contributed by atoms with Crippen molar-refractivity contribution < 1.29 is 42.6 Å². The molecule has 2 aliphatic heterocycles. The van der Waals surface area contributed by atoms with Gasteiger partial charge < -0.3 is 34.8 Å². The normalized spacial score (nSPS) is 13.3. The fraction of sp³-hybridized carbons (Fsp3) is 0.314. The summed E-state index contributed by atoms with van der Waals surface area (Å²) >= 11 is 0. The highest BCUT2D eigenvalue weighted by atomic mass is 19.1. The lowest BCUT2D eigenvalue weighted by Gasteiger charge is -2.36. The van der Waals surface area contributed by atoms with Crippen LogP contribution >= 0.6 is 0 Å². The molecule has 0 unspecified atom stereocenters. The van der Waals surface area contributed by atoms with Gasteiger partial charge in [0.05, 0.1) is 36.7 Å². The number of halogens is 1. The minimum Gasteiger partial charge on any atom is -0.445 e. The van der Waals surface area contributed by atoms with Crippen LogP contribution in [0.15, 0.2) is 120 Å². The van der Waals surface area contributed by atoms with E-state index in [1.807, 2.05) is 84.9 Å². The zero-order valence-corrected chi connectivity index (χ0v) is 38.3. The molecule has 0 aliphatic carbocycles. The standard InChI is InChI=1S/C51H55FN8O8/c1-51(2,3)68-49(64)56-44-30-39(37-14-8-5-9-15-37)31-54-46(44)47(62)53-20-26-66-27-25-60(50(65)67-34-35-12-6-4-7-13-35)33-45(61)58-21-23-59(24-22-58)48(63)41-28-36(18-19-42(41)52)29-43-40-17-11-10-16-38(40)32-55-57-43/h4-19,28,30-31,55H,20-27,29,32-34H2,1-3H3,(H,53,62)(H,56,64). The van der Waals surface area contributed by atoms with Crippen molar-refractivity contribution in [3.05, 3.63) is 155 Å². The lowest BCUT2D eigenvalue weighted by atomic mass is 9.96. The van der Waals surface area contributed by atoms with Gasteiger partial charge in [-0.15, -0.1) is 0 Å². The second kappa shape index (κ2) is 22.7. The third-order valence-corrected chi connectivity index (χ3v) is 11.0. The highest BCUT2D eigenvalue weighted by molar-refractivity contribution is 6.04. The van der Waals surface area contributed by atoms with E-state index in [2.05, 4.69) is 26.1 Å². The van der Waals surface area contributed by atoms with Crippen LogP contribution in [-0.4, -0.2) is 120 Å². The number of fused-ring (bicyclic) bond motifs is 1. The number of anilines is 1. The molecule has 5 amide bonds. The lowest BCUT2D eigenvalue weighted by Crippen LogP contribution is -2.53. The number of amides is 5. The van der Waals surface area contributed by atoms with Crippen molar-refractivity contribution in [2.45, 2.75) is 45.9 Å². The number of ether oxygens (including phenoxy) is 3. The van der Waals surface area contributed by atoms with Gasteiger partial charge in [0, 0.05) is 63.0 Å². The van der Waals surface area contributed by atoms with Crippen LogP contribution in [0.2, 0.25) is 0 Å². The second-order valence-electron chi connectivity index (χ2n) is 17.2. The Morgan fingerprint density at radius 2 is 1.51 bits per heavy atom. The number of nitrogens with one attached hydrogen (secondary N) is 3. The van der Waals surface area contributed by atoms with E-state index >= 15 is 4.39 Å². The van der Waals surface area contributed by atoms with Gasteiger partial charge in [-0.05, 0) is 61.2 Å². The Morgan fingerprint density at radius 1 is 0.809 bits per heavy atom. The lowest BCUT2D eigenvalue weighted by molar-refractivity contribution is -0.133. The maximum Gasteiger partial charge on any atom is 0.412 e. The van der Waals surface area contributed by atoms with Crippen LogP contribution in [-0.2, 0) is 38.6 Å². The van der Waals surface area contributed by atoms with E-state index in [1.165, 1.54) is 15.9 Å². The first-order valence-electron chi connectivity index (χ1n) is 22.4. The summed E-state index contributed by atoms with van der Waals surface area (Å²) in [6, 6.07) is 32.6. The highest BCUT2D eigenvalue weighted by Gasteiger charge is 2.29. The molecule has 0 saturated carbocycles. The summed E-state index contributed by atoms with van der Waals surface area (Å²) in [7, 11) is 0. The number of pyridine rings is 1. The number of carbonyl (C=O) groups is 5. The Morgan fingerprint density at radius 3 is 2.26 bits per heavy atom. The van der Waals surface area contributed by atoms with Gasteiger partial charge in [0.2, 0.25) is 5.91 Å². The van der Waals surface area contributed by atoms with Crippen molar-refractivity contribution in [3.8, 4) is 11.1 Å². The van der Waals surface area contributed by atoms with Crippen LogP contribution in [0.1, 0.15) is 63.9 Å². The Labute approximate surface area is 394 Å². The summed E-state index contributed by atoms with van der Waals surface area (Å²) in [4.78, 5) is 75.6. The first kappa shape index (κ1) is 48.3. The van der Waals surface area contributed by atoms with Gasteiger partial charge in [0.1, 0.15) is 24.6 Å². The van der Waals surface area contributed by atoms with Gasteiger partial charge >= 0.3 is 12.2 Å². The van der Waals surface area contributed by atoms with E-state index in [0.717, 1.165) is 33.5 Å². The molecule has 3 N–H and O–H groups in total. The van der Waals surface area contributed by atoms with Gasteiger partial charge in [0.25, 0.3) is 11.8 Å². The summed E-state index contributed by atoms with van der Waals surface area (Å²) in [6.45, 7) is 6.24. The summed E-state index contributed by atoms with van der Waals surface area (Å²) in [5, 5.41) is 9.88. The van der Waals surface area contributed by atoms with Crippen molar-refractivity contribution >= 4 is 41.3 Å². The van der Waals surface area contributed by atoms with E-state index < -0.39 is 35.4 Å². The molecule has 1 aromatic heterocycles. The molecule has 2 aliphatic rings. The van der Waals surface area contributed by atoms with Crippen molar-refractivity contribution in [1.82, 2.24) is 30.4 Å². The van der Waals surface area contributed by atoms with Crippen LogP contribution in [0, 0.1) is 5.82 Å². The number of hydrogen-bond acceptors (Lipinski definition) is 11. The second-order valence-corrected chi connectivity index (χ2v) is 17.2. The van der Waals surface area contributed by atoms with E-state index in [-0.39, 0.29) is 88.5 Å². The highest BCUT2D eigenvalue weighted by Crippen LogP contribution is 2.25. The van der Waals surface area contributed by atoms with Crippen LogP contribution in [0.4, 0.5) is 19.7 Å². The van der Waals surface area contributed by atoms with Crippen LogP contribution in [0.3, 0.4) is 0 Å². The zero-order chi connectivity index (χ0) is 48.0. The van der Waals surface area contributed by atoms with Gasteiger partial charge in [-0.25, -0.2) is 19.0 Å². The molecule has 1 saturated heterocycles. The summed E-state index contributed by atoms with van der Waals surface area (Å²) in [5.41, 5.74) is 8.27. The van der Waals surface area contributed by atoms with E-state index in [1.54, 1.807) is 50.1 Å². The van der Waals surface area contributed by atoms with E-state index in [4.69, 9.17) is 14.2 Å². The number of piperazine rings is 1. The molecule has 7 rings (SSSR count). The van der Waals surface area contributed by atoms with Crippen molar-refractivity contribution in [2.75, 3.05) is 64.3 Å². The van der Waals surface area contributed by atoms with Crippen LogP contribution < -0.4 is 16.1 Å². The van der Waals surface area contributed by atoms with Gasteiger partial charge in [0.15, 0.2) is 5.69 Å². The molecule has 3 heterocycles. The Balaban J connectivity index is 0.917. The molecule has 68 heavy (non-hydrogen) atoms. The van der Waals surface area contributed by atoms with E-state index in [0.29, 0.717) is 18.5 Å². The maximum absolute atomic E-state index is 15.2. The minimum atomic E-state index is -0.775. The molecule has 0 spiro atoms. The molecule has 4 aromatic carbocycles. The molecular formula is C51H55FN8O8. The van der Waals surface area contributed by atoms with Gasteiger partial charge in [-0.3, -0.25) is 24.6 Å². The smallest absolute Gasteiger partial charge is 0.412 e. The molecular weight excluding hydrogens is 872 g/mol. The van der Waals surface area contributed by atoms with Crippen molar-refractivity contribution in [1.29, 1.82) is 0 Å². The predicted molar refractivity (Wildman–Crippen MR) is 253 cm³/mol. The van der Waals surface area contributed by atoms with Gasteiger partial charge in [-0.1, -0.05) is 91.0 Å². The number of carbonyl (C=O) groups excluding carboxylic acids is 5. The number of benzene rings is 4. The third kappa shape index (κ3) is 13.2. The first-order chi connectivity index (χ1) is 32.8. The Hall–Kier alpha value is -7.66. The summed E-state index contributed by atoms with van der Waals surface area (Å²) in [5.74, 6) is -2.04. The molecule has 0 bridgehead atoms. The third-order valence-electron chi connectivity index (χ3n) is 11.0. The number of hydrogen-bond donors (Lipinski definition) is 3. The fourth-order valence-electron chi connectivity index (χ4n) is 7.59. The summed E-state index contributed by atoms with van der Waals surface area (Å²) < 4.78 is 32.0. The molecule has 0 radical (unpaired) electrons. The SMILES string of the molecule is CC(C)(C)OC(=O)Nc1cc(-c2ccccc2)cnc1C(=O)NCCOCCN(CC(=O)N1CCN(C(=O)c2cc(CC3=NNCc4ccccc43)ccc2F)CC1)C(=O)OCc1ccccc1. The van der Waals surface area contributed by atoms with Crippen LogP contribution in [0.5, 0.6) is 0 Å². The number of hydrazone groups is 1. The first-order valence-corrected chi connectivity index (χ1v) is 22.4. The molecule has 0 atom stereocenters. The number of nitrogens with zero attached hydrogens (tertiary/aromatic N) is 5.